The fourth-order valence-electron chi connectivity index (χ4n) is 2.43. The predicted molar refractivity (Wildman–Crippen MR) is 73.6 cm³/mol. The van der Waals surface area contributed by atoms with Gasteiger partial charge in [-0.05, 0) is 36.1 Å². The van der Waals surface area contributed by atoms with E-state index in [2.05, 4.69) is 0 Å². The van der Waals surface area contributed by atoms with Gasteiger partial charge in [-0.15, -0.1) is 0 Å². The molecular weight excluding hydrogens is 258 g/mol. The van der Waals surface area contributed by atoms with Gasteiger partial charge >= 0.3 is 5.97 Å². The van der Waals surface area contributed by atoms with E-state index in [1.54, 1.807) is 24.1 Å². The Morgan fingerprint density at radius 2 is 2.15 bits per heavy atom. The van der Waals surface area contributed by atoms with E-state index in [1.165, 1.54) is 0 Å². The molecule has 5 heteroatoms. The molecule has 1 aromatic carbocycles. The molecule has 1 heterocycles. The number of rotatable bonds is 5. The third-order valence-electron chi connectivity index (χ3n) is 3.56. The van der Waals surface area contributed by atoms with Crippen LogP contribution < -0.4 is 0 Å². The van der Waals surface area contributed by atoms with Crippen molar-refractivity contribution in [2.75, 3.05) is 20.3 Å². The number of benzene rings is 1. The fourth-order valence-corrected chi connectivity index (χ4v) is 2.43. The fraction of sp³-hybridized carbons (Fsp3) is 0.467. The van der Waals surface area contributed by atoms with Crippen molar-refractivity contribution < 1.29 is 19.4 Å². The third kappa shape index (κ3) is 3.36. The Morgan fingerprint density at radius 1 is 1.35 bits per heavy atom. The monoisotopic (exact) mass is 277 g/mol. The number of fused-ring (bicyclic) bond motifs is 1. The zero-order valence-corrected chi connectivity index (χ0v) is 11.6. The summed E-state index contributed by atoms with van der Waals surface area (Å²) in [4.78, 5) is 24.8. The average Bonchev–Trinajstić information content (AvgIpc) is 2.46. The van der Waals surface area contributed by atoms with Gasteiger partial charge in [0.2, 0.25) is 5.91 Å². The van der Waals surface area contributed by atoms with Crippen LogP contribution in [0.3, 0.4) is 0 Å². The first-order valence-corrected chi connectivity index (χ1v) is 6.73. The summed E-state index contributed by atoms with van der Waals surface area (Å²) >= 11 is 0. The number of nitrogens with zero attached hydrogens (tertiary/aromatic N) is 1. The minimum absolute atomic E-state index is 0.105. The second kappa shape index (κ2) is 6.52. The SMILES string of the molecule is COCCCC(=O)N1CCc2ccc(C(=O)O)cc2C1. The molecule has 0 aliphatic carbocycles. The van der Waals surface area contributed by atoms with Crippen LogP contribution >= 0.6 is 0 Å². The van der Waals surface area contributed by atoms with Crippen molar-refractivity contribution in [1.82, 2.24) is 4.90 Å². The van der Waals surface area contributed by atoms with Gasteiger partial charge in [-0.1, -0.05) is 6.07 Å². The Balaban J connectivity index is 2.03. The van der Waals surface area contributed by atoms with Crippen molar-refractivity contribution in [2.24, 2.45) is 0 Å². The van der Waals surface area contributed by atoms with E-state index in [9.17, 15) is 9.59 Å². The Morgan fingerprint density at radius 3 is 2.85 bits per heavy atom. The van der Waals surface area contributed by atoms with Gasteiger partial charge in [0.15, 0.2) is 0 Å². The summed E-state index contributed by atoms with van der Waals surface area (Å²) in [5, 5.41) is 9.01. The number of amides is 1. The van der Waals surface area contributed by atoms with Gasteiger partial charge < -0.3 is 14.7 Å². The number of aromatic carboxylic acids is 1. The van der Waals surface area contributed by atoms with Crippen LogP contribution in [0.2, 0.25) is 0 Å². The number of carbonyl (C=O) groups is 2. The van der Waals surface area contributed by atoms with Gasteiger partial charge in [0.05, 0.1) is 5.56 Å². The summed E-state index contributed by atoms with van der Waals surface area (Å²) in [5.74, 6) is -0.829. The molecule has 0 saturated heterocycles. The summed E-state index contributed by atoms with van der Waals surface area (Å²) < 4.78 is 4.94. The van der Waals surface area contributed by atoms with E-state index in [0.717, 1.165) is 17.5 Å². The summed E-state index contributed by atoms with van der Waals surface area (Å²) in [5.41, 5.74) is 2.35. The minimum atomic E-state index is -0.934. The molecule has 0 saturated carbocycles. The third-order valence-corrected chi connectivity index (χ3v) is 3.56. The van der Waals surface area contributed by atoms with E-state index >= 15 is 0 Å². The van der Waals surface area contributed by atoms with E-state index in [1.807, 2.05) is 6.07 Å². The number of hydrogen-bond acceptors (Lipinski definition) is 3. The lowest BCUT2D eigenvalue weighted by Gasteiger charge is -2.29. The van der Waals surface area contributed by atoms with Crippen LogP contribution in [0, 0.1) is 0 Å². The summed E-state index contributed by atoms with van der Waals surface area (Å²) in [6, 6.07) is 5.15. The van der Waals surface area contributed by atoms with Gasteiger partial charge in [-0.25, -0.2) is 4.79 Å². The zero-order chi connectivity index (χ0) is 14.5. The maximum atomic E-state index is 12.1. The van der Waals surface area contributed by atoms with Crippen molar-refractivity contribution in [1.29, 1.82) is 0 Å². The van der Waals surface area contributed by atoms with Crippen LogP contribution in [0.15, 0.2) is 18.2 Å². The molecule has 0 radical (unpaired) electrons. The van der Waals surface area contributed by atoms with Gasteiger partial charge in [0, 0.05) is 33.2 Å². The average molecular weight is 277 g/mol. The highest BCUT2D eigenvalue weighted by Crippen LogP contribution is 2.21. The molecule has 0 aromatic heterocycles. The lowest BCUT2D eigenvalue weighted by atomic mass is 9.97. The van der Waals surface area contributed by atoms with Gasteiger partial charge in [-0.2, -0.15) is 0 Å². The number of carbonyl (C=O) groups excluding carboxylic acids is 1. The molecular formula is C15H19NO4. The lowest BCUT2D eigenvalue weighted by molar-refractivity contribution is -0.132. The largest absolute Gasteiger partial charge is 0.478 e. The van der Waals surface area contributed by atoms with Crippen LogP contribution in [0.4, 0.5) is 0 Å². The maximum absolute atomic E-state index is 12.1. The number of hydrogen-bond donors (Lipinski definition) is 1. The first kappa shape index (κ1) is 14.5. The van der Waals surface area contributed by atoms with Crippen molar-refractivity contribution >= 4 is 11.9 Å². The van der Waals surface area contributed by atoms with E-state index < -0.39 is 5.97 Å². The highest BCUT2D eigenvalue weighted by molar-refractivity contribution is 5.88. The van der Waals surface area contributed by atoms with Crippen molar-refractivity contribution in [2.45, 2.75) is 25.8 Å². The minimum Gasteiger partial charge on any atom is -0.478 e. The molecule has 2 rings (SSSR count). The second-order valence-corrected chi connectivity index (χ2v) is 4.95. The number of ether oxygens (including phenoxy) is 1. The standard InChI is InChI=1S/C15H19NO4/c1-20-8-2-3-14(17)16-7-6-11-4-5-12(15(18)19)9-13(11)10-16/h4-5,9H,2-3,6-8,10H2,1H3,(H,18,19). The first-order chi connectivity index (χ1) is 9.61. The molecule has 1 aliphatic heterocycles. The zero-order valence-electron chi connectivity index (χ0n) is 11.6. The van der Waals surface area contributed by atoms with E-state index in [-0.39, 0.29) is 11.5 Å². The Bertz CT molecular complexity index is 513. The topological polar surface area (TPSA) is 66.8 Å². The molecule has 0 fully saturated rings. The molecule has 1 amide bonds. The Labute approximate surface area is 118 Å². The highest BCUT2D eigenvalue weighted by Gasteiger charge is 2.21. The quantitative estimate of drug-likeness (QED) is 0.832. The lowest BCUT2D eigenvalue weighted by Crippen LogP contribution is -2.36. The van der Waals surface area contributed by atoms with Crippen LogP contribution in [-0.4, -0.2) is 42.1 Å². The summed E-state index contributed by atoms with van der Waals surface area (Å²) in [7, 11) is 1.62. The molecule has 0 bridgehead atoms. The number of methoxy groups -OCH3 is 1. The van der Waals surface area contributed by atoms with Crippen LogP contribution in [0.25, 0.3) is 0 Å². The van der Waals surface area contributed by atoms with Crippen molar-refractivity contribution in [3.8, 4) is 0 Å². The molecule has 0 atom stereocenters. The molecule has 1 aliphatic rings. The molecule has 0 unspecified atom stereocenters. The van der Waals surface area contributed by atoms with Crippen molar-refractivity contribution in [3.05, 3.63) is 34.9 Å². The molecule has 0 spiro atoms. The number of carboxylic acids is 1. The Kier molecular flexibility index (Phi) is 4.74. The van der Waals surface area contributed by atoms with Crippen LogP contribution in [0.1, 0.15) is 34.3 Å². The molecule has 108 valence electrons. The van der Waals surface area contributed by atoms with Gasteiger partial charge in [0.1, 0.15) is 0 Å². The normalized spacial score (nSPS) is 13.9. The molecule has 1 N–H and O–H groups in total. The van der Waals surface area contributed by atoms with Crippen LogP contribution in [0.5, 0.6) is 0 Å². The first-order valence-electron chi connectivity index (χ1n) is 6.73. The number of carboxylic acid groups (broad SMARTS) is 1. The maximum Gasteiger partial charge on any atom is 0.335 e. The summed E-state index contributed by atoms with van der Waals surface area (Å²) in [6.07, 6.45) is 1.97. The highest BCUT2D eigenvalue weighted by atomic mass is 16.5. The van der Waals surface area contributed by atoms with E-state index in [4.69, 9.17) is 9.84 Å². The predicted octanol–water partition coefficient (Wildman–Crippen LogP) is 1.70. The van der Waals surface area contributed by atoms with E-state index in [0.29, 0.717) is 32.5 Å². The smallest absolute Gasteiger partial charge is 0.335 e. The Hall–Kier alpha value is -1.88. The van der Waals surface area contributed by atoms with Gasteiger partial charge in [0.25, 0.3) is 0 Å². The summed E-state index contributed by atoms with van der Waals surface area (Å²) in [6.45, 7) is 1.78. The molecule has 1 aromatic rings. The molecule has 20 heavy (non-hydrogen) atoms. The van der Waals surface area contributed by atoms with Crippen molar-refractivity contribution in [3.63, 3.8) is 0 Å². The second-order valence-electron chi connectivity index (χ2n) is 4.95. The molecule has 5 nitrogen and oxygen atoms in total. The van der Waals surface area contributed by atoms with Gasteiger partial charge in [-0.3, -0.25) is 4.79 Å². The van der Waals surface area contributed by atoms with Crippen LogP contribution in [-0.2, 0) is 22.5 Å².